The van der Waals surface area contributed by atoms with E-state index >= 15 is 0 Å². The molecular weight excluding hydrogens is 358 g/mol. The lowest BCUT2D eigenvalue weighted by molar-refractivity contribution is 0.0691. The molecule has 1 saturated heterocycles. The van der Waals surface area contributed by atoms with Crippen LogP contribution < -0.4 is 4.90 Å². The summed E-state index contributed by atoms with van der Waals surface area (Å²) in [4.78, 5) is 17.6. The number of benzene rings is 1. The third-order valence-corrected chi connectivity index (χ3v) is 6.39. The molecule has 9 heteroatoms. The first-order chi connectivity index (χ1) is 11.1. The molecule has 0 amide bonds. The number of rotatable bonds is 4. The van der Waals surface area contributed by atoms with Gasteiger partial charge in [0.2, 0.25) is 0 Å². The first-order valence-electron chi connectivity index (χ1n) is 6.91. The molecule has 1 aromatic heterocycles. The van der Waals surface area contributed by atoms with E-state index in [9.17, 15) is 9.00 Å². The third-order valence-electron chi connectivity index (χ3n) is 3.48. The number of hydrogen-bond acceptors (Lipinski definition) is 5. The Morgan fingerprint density at radius 3 is 2.57 bits per heavy atom. The van der Waals surface area contributed by atoms with Crippen molar-refractivity contribution in [2.24, 2.45) is 0 Å². The van der Waals surface area contributed by atoms with E-state index in [0.717, 1.165) is 0 Å². The van der Waals surface area contributed by atoms with E-state index in [1.165, 1.54) is 16.7 Å². The van der Waals surface area contributed by atoms with Crippen LogP contribution >= 0.6 is 22.9 Å². The molecule has 2 heterocycles. The van der Waals surface area contributed by atoms with Gasteiger partial charge < -0.3 is 10.0 Å². The van der Waals surface area contributed by atoms with Gasteiger partial charge in [-0.2, -0.15) is 0 Å². The molecule has 0 aliphatic carbocycles. The molecule has 0 radical (unpaired) electrons. The van der Waals surface area contributed by atoms with Crippen LogP contribution in [0.4, 0.5) is 5.13 Å². The molecule has 1 aliphatic heterocycles. The Bertz CT molecular complexity index is 744. The largest absolute Gasteiger partial charge is 0.476 e. The van der Waals surface area contributed by atoms with Crippen molar-refractivity contribution in [3.05, 3.63) is 40.4 Å². The average Bonchev–Trinajstić information content (AvgIpc) is 3.05. The van der Waals surface area contributed by atoms with Gasteiger partial charge in [0.15, 0.2) is 10.8 Å². The summed E-state index contributed by atoms with van der Waals surface area (Å²) in [5.74, 6) is -1.02. The molecular formula is C14H14ClN3O3S2. The summed E-state index contributed by atoms with van der Waals surface area (Å²) in [6.45, 7) is 2.48. The second-order valence-corrected chi connectivity index (χ2v) is 7.61. The van der Waals surface area contributed by atoms with E-state index in [-0.39, 0.29) is 5.69 Å². The Labute approximate surface area is 144 Å². The van der Waals surface area contributed by atoms with E-state index in [1.54, 1.807) is 12.1 Å². The summed E-state index contributed by atoms with van der Waals surface area (Å²) >= 11 is 7.41. The minimum Gasteiger partial charge on any atom is -0.476 e. The van der Waals surface area contributed by atoms with E-state index < -0.39 is 17.0 Å². The van der Waals surface area contributed by atoms with E-state index in [1.807, 2.05) is 21.3 Å². The summed E-state index contributed by atoms with van der Waals surface area (Å²) < 4.78 is 14.5. The molecule has 1 unspecified atom stereocenters. The lowest BCUT2D eigenvalue weighted by Crippen LogP contribution is -2.47. The van der Waals surface area contributed by atoms with Crippen LogP contribution in [0.2, 0.25) is 5.02 Å². The number of piperazine rings is 1. The summed E-state index contributed by atoms with van der Waals surface area (Å²) in [6, 6.07) is 7.13. The highest BCUT2D eigenvalue weighted by Crippen LogP contribution is 2.25. The summed E-state index contributed by atoms with van der Waals surface area (Å²) in [7, 11) is -1.29. The zero-order valence-electron chi connectivity index (χ0n) is 12.0. The van der Waals surface area contributed by atoms with Crippen LogP contribution in [0, 0.1) is 0 Å². The van der Waals surface area contributed by atoms with Gasteiger partial charge in [-0.25, -0.2) is 18.3 Å². The molecule has 1 fully saturated rings. The van der Waals surface area contributed by atoms with Crippen LogP contribution in [0.3, 0.4) is 0 Å². The first kappa shape index (κ1) is 16.4. The van der Waals surface area contributed by atoms with Gasteiger partial charge >= 0.3 is 5.97 Å². The third kappa shape index (κ3) is 3.55. The van der Waals surface area contributed by atoms with E-state index in [0.29, 0.717) is 41.2 Å². The highest BCUT2D eigenvalue weighted by molar-refractivity contribution is 7.82. The maximum absolute atomic E-state index is 12.6. The number of thiazole rings is 1. The molecule has 0 saturated carbocycles. The molecule has 6 nitrogen and oxygen atoms in total. The summed E-state index contributed by atoms with van der Waals surface area (Å²) in [5.41, 5.74) is 0.0621. The standard InChI is InChI=1S/C14H14ClN3O3S2/c15-10-3-1-2-4-12(10)23(21)18-7-5-17(6-8-18)14-16-11(9-22-14)13(19)20/h1-4,9H,5-8H2,(H,19,20). The van der Waals surface area contributed by atoms with Crippen molar-refractivity contribution in [2.75, 3.05) is 31.1 Å². The Hall–Kier alpha value is -1.48. The van der Waals surface area contributed by atoms with Crippen LogP contribution in [0.25, 0.3) is 0 Å². The van der Waals surface area contributed by atoms with Crippen molar-refractivity contribution in [1.82, 2.24) is 9.29 Å². The fraction of sp³-hybridized carbons (Fsp3) is 0.286. The fourth-order valence-electron chi connectivity index (χ4n) is 2.28. The molecule has 3 rings (SSSR count). The van der Waals surface area contributed by atoms with Crippen molar-refractivity contribution in [2.45, 2.75) is 4.90 Å². The molecule has 2 aromatic rings. The SMILES string of the molecule is O=C(O)c1csc(N2CCN(S(=O)c3ccccc3Cl)CC2)n1. The van der Waals surface area contributed by atoms with Gasteiger partial charge in [-0.1, -0.05) is 23.7 Å². The predicted octanol–water partition coefficient (Wildman–Crippen LogP) is 2.34. The number of aromatic carboxylic acids is 1. The lowest BCUT2D eigenvalue weighted by atomic mass is 10.4. The highest BCUT2D eigenvalue weighted by Gasteiger charge is 2.25. The van der Waals surface area contributed by atoms with Crippen LogP contribution in [-0.4, -0.2) is 50.8 Å². The van der Waals surface area contributed by atoms with Crippen LogP contribution in [0.15, 0.2) is 34.5 Å². The number of halogens is 1. The van der Waals surface area contributed by atoms with Gasteiger partial charge in [-0.3, -0.25) is 0 Å². The molecule has 23 heavy (non-hydrogen) atoms. The van der Waals surface area contributed by atoms with Gasteiger partial charge in [0, 0.05) is 31.6 Å². The summed E-state index contributed by atoms with van der Waals surface area (Å²) in [6.07, 6.45) is 0. The van der Waals surface area contributed by atoms with E-state index in [4.69, 9.17) is 16.7 Å². The zero-order chi connectivity index (χ0) is 16.4. The van der Waals surface area contributed by atoms with Gasteiger partial charge in [-0.15, -0.1) is 11.3 Å². The topological polar surface area (TPSA) is 73.7 Å². The quantitative estimate of drug-likeness (QED) is 0.892. The Morgan fingerprint density at radius 2 is 1.96 bits per heavy atom. The van der Waals surface area contributed by atoms with Crippen LogP contribution in [0.1, 0.15) is 10.5 Å². The van der Waals surface area contributed by atoms with E-state index in [2.05, 4.69) is 4.98 Å². The van der Waals surface area contributed by atoms with Crippen LogP contribution in [0.5, 0.6) is 0 Å². The van der Waals surface area contributed by atoms with Crippen LogP contribution in [-0.2, 0) is 11.0 Å². The van der Waals surface area contributed by atoms with Gasteiger partial charge in [0.1, 0.15) is 11.0 Å². The number of anilines is 1. The second kappa shape index (κ2) is 6.96. The van der Waals surface area contributed by atoms with Gasteiger partial charge in [0.05, 0.1) is 9.92 Å². The molecule has 1 N–H and O–H groups in total. The van der Waals surface area contributed by atoms with Crippen molar-refractivity contribution < 1.29 is 14.1 Å². The smallest absolute Gasteiger partial charge is 0.355 e. The Morgan fingerprint density at radius 1 is 1.26 bits per heavy atom. The Kier molecular flexibility index (Phi) is 4.96. The number of carbonyl (C=O) groups is 1. The molecule has 1 aromatic carbocycles. The molecule has 0 spiro atoms. The predicted molar refractivity (Wildman–Crippen MR) is 90.7 cm³/mol. The van der Waals surface area contributed by atoms with Crippen molar-refractivity contribution in [1.29, 1.82) is 0 Å². The van der Waals surface area contributed by atoms with Crippen molar-refractivity contribution >= 4 is 45.0 Å². The molecule has 122 valence electrons. The molecule has 1 atom stereocenters. The van der Waals surface area contributed by atoms with Crippen molar-refractivity contribution in [3.8, 4) is 0 Å². The normalized spacial score (nSPS) is 17.2. The number of aromatic nitrogens is 1. The molecule has 1 aliphatic rings. The number of carboxylic acid groups (broad SMARTS) is 1. The first-order valence-corrected chi connectivity index (χ1v) is 9.28. The minimum absolute atomic E-state index is 0.0621. The number of carboxylic acids is 1. The van der Waals surface area contributed by atoms with Crippen molar-refractivity contribution in [3.63, 3.8) is 0 Å². The number of hydrogen-bond donors (Lipinski definition) is 1. The van der Waals surface area contributed by atoms with Gasteiger partial charge in [-0.05, 0) is 12.1 Å². The maximum atomic E-state index is 12.6. The Balaban J connectivity index is 1.65. The number of nitrogens with zero attached hydrogens (tertiary/aromatic N) is 3. The lowest BCUT2D eigenvalue weighted by Gasteiger charge is -2.33. The van der Waals surface area contributed by atoms with Gasteiger partial charge in [0.25, 0.3) is 0 Å². The average molecular weight is 372 g/mol. The molecule has 0 bridgehead atoms. The monoisotopic (exact) mass is 371 g/mol. The highest BCUT2D eigenvalue weighted by atomic mass is 35.5. The summed E-state index contributed by atoms with van der Waals surface area (Å²) in [5, 5.41) is 11.6. The minimum atomic E-state index is -1.29. The fourth-order valence-corrected chi connectivity index (χ4v) is 4.67. The zero-order valence-corrected chi connectivity index (χ0v) is 14.4. The second-order valence-electron chi connectivity index (χ2n) is 4.92. The maximum Gasteiger partial charge on any atom is 0.355 e.